The molecule has 1 aliphatic carbocycles. The van der Waals surface area contributed by atoms with Gasteiger partial charge in [-0.05, 0) is 0 Å². The molecule has 0 unspecified atom stereocenters. The monoisotopic (exact) mass is 188 g/mol. The first-order chi connectivity index (χ1) is 6.43. The number of hydrogen-bond acceptors (Lipinski definition) is 0. The summed E-state index contributed by atoms with van der Waals surface area (Å²) in [5.41, 5.74) is 0. The van der Waals surface area contributed by atoms with Gasteiger partial charge in [0.2, 0.25) is 0 Å². The van der Waals surface area contributed by atoms with Crippen LogP contribution in [0.1, 0.15) is 77.6 Å². The maximum atomic E-state index is 2.29. The largest absolute Gasteiger partial charge is 1.00 e. The van der Waals surface area contributed by atoms with Crippen LogP contribution >= 0.6 is 0 Å². The molecule has 0 heterocycles. The zero-order chi connectivity index (χ0) is 9.36. The maximum absolute atomic E-state index is 2.29. The third-order valence-corrected chi connectivity index (χ3v) is 3.19. The van der Waals surface area contributed by atoms with Crippen molar-refractivity contribution in [1.29, 1.82) is 0 Å². The Morgan fingerprint density at radius 1 is 0.857 bits per heavy atom. The summed E-state index contributed by atoms with van der Waals surface area (Å²) in [4.78, 5) is 0. The van der Waals surface area contributed by atoms with Crippen LogP contribution in [0.25, 0.3) is 0 Å². The van der Waals surface area contributed by atoms with Crippen molar-refractivity contribution in [1.82, 2.24) is 0 Å². The van der Waals surface area contributed by atoms with E-state index in [-0.39, 0.29) is 18.9 Å². The SMILES string of the molecule is CCCCCCC[C-]1CCCCC1.[Li+]. The van der Waals surface area contributed by atoms with Gasteiger partial charge in [-0.1, -0.05) is 58.3 Å². The van der Waals surface area contributed by atoms with Crippen LogP contribution in [-0.4, -0.2) is 0 Å². The van der Waals surface area contributed by atoms with E-state index in [2.05, 4.69) is 6.92 Å². The van der Waals surface area contributed by atoms with Crippen molar-refractivity contribution >= 4 is 0 Å². The zero-order valence-corrected chi connectivity index (χ0v) is 10.3. The van der Waals surface area contributed by atoms with E-state index in [0.29, 0.717) is 0 Å². The Hall–Kier alpha value is 0.597. The molecule has 0 bridgehead atoms. The van der Waals surface area contributed by atoms with Crippen LogP contribution in [0.5, 0.6) is 0 Å². The summed E-state index contributed by atoms with van der Waals surface area (Å²) in [6.07, 6.45) is 16.0. The molecule has 14 heavy (non-hydrogen) atoms. The molecule has 0 atom stereocenters. The van der Waals surface area contributed by atoms with Gasteiger partial charge >= 0.3 is 18.9 Å². The van der Waals surface area contributed by atoms with Crippen LogP contribution < -0.4 is 18.9 Å². The van der Waals surface area contributed by atoms with Gasteiger partial charge in [-0.2, -0.15) is 19.3 Å². The van der Waals surface area contributed by atoms with E-state index in [4.69, 9.17) is 0 Å². The first kappa shape index (κ1) is 14.6. The van der Waals surface area contributed by atoms with Crippen LogP contribution in [0, 0.1) is 5.92 Å². The van der Waals surface area contributed by atoms with E-state index in [1.807, 2.05) is 5.92 Å². The maximum Gasteiger partial charge on any atom is 1.00 e. The molecule has 0 spiro atoms. The van der Waals surface area contributed by atoms with Gasteiger partial charge in [0.15, 0.2) is 0 Å². The number of hydrogen-bond donors (Lipinski definition) is 0. The van der Waals surface area contributed by atoms with E-state index >= 15 is 0 Å². The Morgan fingerprint density at radius 2 is 1.50 bits per heavy atom. The molecule has 0 aromatic heterocycles. The Balaban J connectivity index is 0.00000169. The van der Waals surface area contributed by atoms with Crippen LogP contribution in [-0.2, 0) is 0 Å². The van der Waals surface area contributed by atoms with Crippen LogP contribution in [0.3, 0.4) is 0 Å². The first-order valence-corrected chi connectivity index (χ1v) is 6.27. The Morgan fingerprint density at radius 3 is 2.14 bits per heavy atom. The smallest absolute Gasteiger partial charge is 0.314 e. The summed E-state index contributed by atoms with van der Waals surface area (Å²) in [5.74, 6) is 1.88. The molecule has 0 aromatic carbocycles. The summed E-state index contributed by atoms with van der Waals surface area (Å²) in [7, 11) is 0. The van der Waals surface area contributed by atoms with Gasteiger partial charge in [-0.15, -0.1) is 0 Å². The third kappa shape index (κ3) is 6.96. The van der Waals surface area contributed by atoms with Gasteiger partial charge in [0.1, 0.15) is 0 Å². The molecule has 1 fully saturated rings. The third-order valence-electron chi connectivity index (χ3n) is 3.19. The molecule has 1 aliphatic rings. The average Bonchev–Trinajstić information content (AvgIpc) is 2.19. The Kier molecular flexibility index (Phi) is 10.6. The summed E-state index contributed by atoms with van der Waals surface area (Å²) in [5, 5.41) is 0. The second kappa shape index (κ2) is 10.1. The minimum atomic E-state index is 0. The van der Waals surface area contributed by atoms with Crippen molar-refractivity contribution < 1.29 is 18.9 Å². The van der Waals surface area contributed by atoms with E-state index < -0.39 is 0 Å². The molecule has 0 radical (unpaired) electrons. The quantitative estimate of drug-likeness (QED) is 0.339. The van der Waals surface area contributed by atoms with Crippen molar-refractivity contribution in [3.05, 3.63) is 5.92 Å². The molecule has 1 saturated carbocycles. The van der Waals surface area contributed by atoms with Crippen molar-refractivity contribution in [3.8, 4) is 0 Å². The Labute approximate surface area is 102 Å². The molecular formula is C13H25Li. The van der Waals surface area contributed by atoms with E-state index in [1.165, 1.54) is 70.6 Å². The molecule has 1 rings (SSSR count). The predicted octanol–water partition coefficient (Wildman–Crippen LogP) is 1.89. The molecule has 0 amide bonds. The molecule has 0 N–H and O–H groups in total. The Bertz CT molecular complexity index is 106. The predicted molar refractivity (Wildman–Crippen MR) is 59.7 cm³/mol. The average molecular weight is 188 g/mol. The molecule has 1 heteroatoms. The second-order valence-corrected chi connectivity index (χ2v) is 4.47. The number of unbranched alkanes of at least 4 members (excludes halogenated alkanes) is 4. The fraction of sp³-hybridized carbons (Fsp3) is 0.923. The summed E-state index contributed by atoms with van der Waals surface area (Å²) >= 11 is 0. The van der Waals surface area contributed by atoms with E-state index in [9.17, 15) is 0 Å². The summed E-state index contributed by atoms with van der Waals surface area (Å²) < 4.78 is 0. The van der Waals surface area contributed by atoms with Gasteiger partial charge in [0.25, 0.3) is 0 Å². The van der Waals surface area contributed by atoms with Gasteiger partial charge < -0.3 is 5.92 Å². The summed E-state index contributed by atoms with van der Waals surface area (Å²) in [6, 6.07) is 0. The standard InChI is InChI=1S/C13H25.Li/c1-2-3-4-5-7-10-13-11-8-6-9-12-13;/h2-12H2,1H3;/q-1;+1. The van der Waals surface area contributed by atoms with Crippen molar-refractivity contribution in [2.75, 3.05) is 0 Å². The van der Waals surface area contributed by atoms with Crippen LogP contribution in [0.4, 0.5) is 0 Å². The van der Waals surface area contributed by atoms with E-state index in [1.54, 1.807) is 0 Å². The minimum Gasteiger partial charge on any atom is -0.314 e. The zero-order valence-electron chi connectivity index (χ0n) is 10.3. The van der Waals surface area contributed by atoms with Gasteiger partial charge in [-0.25, -0.2) is 0 Å². The van der Waals surface area contributed by atoms with Crippen LogP contribution in [0.15, 0.2) is 0 Å². The van der Waals surface area contributed by atoms with Crippen molar-refractivity contribution in [2.45, 2.75) is 77.6 Å². The topological polar surface area (TPSA) is 0 Å². The fourth-order valence-corrected chi connectivity index (χ4v) is 2.28. The molecule has 78 valence electrons. The minimum absolute atomic E-state index is 0. The van der Waals surface area contributed by atoms with Crippen LogP contribution in [0.2, 0.25) is 0 Å². The van der Waals surface area contributed by atoms with Gasteiger partial charge in [0, 0.05) is 0 Å². The van der Waals surface area contributed by atoms with Gasteiger partial charge in [-0.3, -0.25) is 0 Å². The second-order valence-electron chi connectivity index (χ2n) is 4.47. The normalized spacial score (nSPS) is 17.8. The molecule has 0 saturated heterocycles. The van der Waals surface area contributed by atoms with Gasteiger partial charge in [0.05, 0.1) is 0 Å². The first-order valence-electron chi connectivity index (χ1n) is 6.27. The molecule has 0 aromatic rings. The fourth-order valence-electron chi connectivity index (χ4n) is 2.28. The van der Waals surface area contributed by atoms with E-state index in [0.717, 1.165) is 0 Å². The number of rotatable bonds is 6. The molecular weight excluding hydrogens is 163 g/mol. The molecule has 0 nitrogen and oxygen atoms in total. The van der Waals surface area contributed by atoms with Crippen molar-refractivity contribution in [3.63, 3.8) is 0 Å². The van der Waals surface area contributed by atoms with Crippen molar-refractivity contribution in [2.24, 2.45) is 0 Å². The molecule has 0 aliphatic heterocycles. The summed E-state index contributed by atoms with van der Waals surface area (Å²) in [6.45, 7) is 2.29.